The van der Waals surface area contributed by atoms with Crippen LogP contribution in [0.15, 0.2) is 85.2 Å². The summed E-state index contributed by atoms with van der Waals surface area (Å²) < 4.78 is 16.0. The van der Waals surface area contributed by atoms with E-state index in [2.05, 4.69) is 20.7 Å². The molecule has 0 aliphatic carbocycles. The standard InChI is InChI=1S/C26H20FN5O2S/c27-19-5-3-4-17(12-19)13-24(33)30-20-14-29-32(16-20)21-10-8-18(9-11-21)26(34)28-15-25-31-22-6-1-2-7-23(22)35-25/h1-12,14,16H,13,15H2,(H,28,34)(H,30,33). The van der Waals surface area contributed by atoms with Crippen molar-refractivity contribution in [2.45, 2.75) is 13.0 Å². The summed E-state index contributed by atoms with van der Waals surface area (Å²) in [7, 11) is 0. The topological polar surface area (TPSA) is 88.9 Å². The highest BCUT2D eigenvalue weighted by Gasteiger charge is 2.10. The van der Waals surface area contributed by atoms with Crippen LogP contribution in [0.4, 0.5) is 10.1 Å². The van der Waals surface area contributed by atoms with E-state index in [1.807, 2.05) is 24.3 Å². The third-order valence-corrected chi connectivity index (χ3v) is 6.29. The molecule has 174 valence electrons. The number of rotatable bonds is 7. The predicted octanol–water partition coefficient (Wildman–Crippen LogP) is 4.73. The fourth-order valence-electron chi connectivity index (χ4n) is 3.59. The Bertz CT molecular complexity index is 1480. The van der Waals surface area contributed by atoms with Crippen LogP contribution in [0.5, 0.6) is 0 Å². The SMILES string of the molecule is O=C(Cc1cccc(F)c1)Nc1cnn(-c2ccc(C(=O)NCc3nc4ccccc4s3)cc2)c1. The first-order chi connectivity index (χ1) is 17.0. The van der Waals surface area contributed by atoms with Gasteiger partial charge in [-0.25, -0.2) is 14.1 Å². The number of nitrogens with zero attached hydrogens (tertiary/aromatic N) is 3. The summed E-state index contributed by atoms with van der Waals surface area (Å²) in [6.45, 7) is 0.359. The number of carbonyl (C=O) groups is 2. The van der Waals surface area contributed by atoms with Gasteiger partial charge in [0, 0.05) is 5.56 Å². The van der Waals surface area contributed by atoms with Crippen molar-refractivity contribution in [1.29, 1.82) is 0 Å². The molecule has 0 fully saturated rings. The Labute approximate surface area is 204 Å². The highest BCUT2D eigenvalue weighted by molar-refractivity contribution is 7.18. The van der Waals surface area contributed by atoms with Crippen LogP contribution < -0.4 is 10.6 Å². The van der Waals surface area contributed by atoms with Gasteiger partial charge in [0.05, 0.1) is 47.0 Å². The Morgan fingerprint density at radius 3 is 2.63 bits per heavy atom. The van der Waals surface area contributed by atoms with Crippen molar-refractivity contribution in [3.8, 4) is 5.69 Å². The van der Waals surface area contributed by atoms with Crippen molar-refractivity contribution in [3.63, 3.8) is 0 Å². The molecule has 0 saturated carbocycles. The third-order valence-electron chi connectivity index (χ3n) is 5.25. The van der Waals surface area contributed by atoms with Crippen molar-refractivity contribution in [1.82, 2.24) is 20.1 Å². The molecule has 9 heteroatoms. The first-order valence-electron chi connectivity index (χ1n) is 10.9. The third kappa shape index (κ3) is 5.42. The van der Waals surface area contributed by atoms with Crippen molar-refractivity contribution in [2.75, 3.05) is 5.32 Å². The lowest BCUT2D eigenvalue weighted by Crippen LogP contribution is -2.22. The largest absolute Gasteiger partial charge is 0.346 e. The zero-order valence-electron chi connectivity index (χ0n) is 18.4. The summed E-state index contributed by atoms with van der Waals surface area (Å²) in [5.41, 5.74) is 3.29. The zero-order valence-corrected chi connectivity index (χ0v) is 19.3. The highest BCUT2D eigenvalue weighted by atomic mass is 32.1. The first kappa shape index (κ1) is 22.4. The molecule has 2 heterocycles. The second kappa shape index (κ2) is 9.86. The molecule has 0 bridgehead atoms. The van der Waals surface area contributed by atoms with Crippen LogP contribution in [-0.4, -0.2) is 26.6 Å². The fourth-order valence-corrected chi connectivity index (χ4v) is 4.49. The number of fused-ring (bicyclic) bond motifs is 1. The van der Waals surface area contributed by atoms with Gasteiger partial charge in [0.2, 0.25) is 5.91 Å². The van der Waals surface area contributed by atoms with Gasteiger partial charge in [0.25, 0.3) is 5.91 Å². The molecule has 0 atom stereocenters. The number of aromatic nitrogens is 3. The Kier molecular flexibility index (Phi) is 6.32. The molecular weight excluding hydrogens is 465 g/mol. The van der Waals surface area contributed by atoms with Crippen molar-refractivity contribution in [2.24, 2.45) is 0 Å². The van der Waals surface area contributed by atoms with Crippen LogP contribution >= 0.6 is 11.3 Å². The van der Waals surface area contributed by atoms with Gasteiger partial charge < -0.3 is 10.6 Å². The van der Waals surface area contributed by atoms with Crippen LogP contribution in [0.3, 0.4) is 0 Å². The van der Waals surface area contributed by atoms with Gasteiger partial charge in [0.1, 0.15) is 10.8 Å². The summed E-state index contributed by atoms with van der Waals surface area (Å²) >= 11 is 1.56. The highest BCUT2D eigenvalue weighted by Crippen LogP contribution is 2.21. The van der Waals surface area contributed by atoms with Gasteiger partial charge in [-0.2, -0.15) is 5.10 Å². The van der Waals surface area contributed by atoms with E-state index in [0.29, 0.717) is 23.4 Å². The van der Waals surface area contributed by atoms with Crippen LogP contribution in [0, 0.1) is 5.82 Å². The molecule has 2 aromatic heterocycles. The van der Waals surface area contributed by atoms with Gasteiger partial charge in [-0.1, -0.05) is 24.3 Å². The fraction of sp³-hybridized carbons (Fsp3) is 0.0769. The van der Waals surface area contributed by atoms with E-state index in [4.69, 9.17) is 0 Å². The summed E-state index contributed by atoms with van der Waals surface area (Å²) in [5, 5.41) is 10.8. The van der Waals surface area contributed by atoms with Gasteiger partial charge >= 0.3 is 0 Å². The lowest BCUT2D eigenvalue weighted by molar-refractivity contribution is -0.115. The Morgan fingerprint density at radius 1 is 1.00 bits per heavy atom. The monoisotopic (exact) mass is 485 g/mol. The lowest BCUT2D eigenvalue weighted by atomic mass is 10.1. The molecule has 0 saturated heterocycles. The number of nitrogens with one attached hydrogen (secondary N) is 2. The molecule has 35 heavy (non-hydrogen) atoms. The average molecular weight is 486 g/mol. The molecule has 0 aliphatic heterocycles. The minimum atomic E-state index is -0.378. The molecule has 7 nitrogen and oxygen atoms in total. The maximum Gasteiger partial charge on any atom is 0.251 e. The minimum absolute atomic E-state index is 0.0593. The van der Waals surface area contributed by atoms with E-state index in [9.17, 15) is 14.0 Å². The zero-order chi connectivity index (χ0) is 24.2. The summed E-state index contributed by atoms with van der Waals surface area (Å²) in [4.78, 5) is 29.3. The average Bonchev–Trinajstić information content (AvgIpc) is 3.49. The minimum Gasteiger partial charge on any atom is -0.346 e. The van der Waals surface area contributed by atoms with Crippen molar-refractivity contribution >= 4 is 39.1 Å². The van der Waals surface area contributed by atoms with E-state index < -0.39 is 0 Å². The Balaban J connectivity index is 1.17. The molecule has 0 aliphatic rings. The molecule has 2 N–H and O–H groups in total. The Hall–Kier alpha value is -4.37. The molecule has 0 spiro atoms. The van der Waals surface area contributed by atoms with E-state index in [1.165, 1.54) is 18.3 Å². The molecule has 0 radical (unpaired) electrons. The van der Waals surface area contributed by atoms with E-state index in [-0.39, 0.29) is 24.1 Å². The van der Waals surface area contributed by atoms with Crippen LogP contribution in [0.25, 0.3) is 15.9 Å². The maximum absolute atomic E-state index is 13.3. The quantitative estimate of drug-likeness (QED) is 0.349. The molecule has 5 aromatic rings. The number of hydrogen-bond acceptors (Lipinski definition) is 5. The van der Waals surface area contributed by atoms with Crippen LogP contribution in [0.2, 0.25) is 0 Å². The first-order valence-corrected chi connectivity index (χ1v) is 11.7. The number of para-hydroxylation sites is 1. The second-order valence-corrected chi connectivity index (χ2v) is 8.95. The van der Waals surface area contributed by atoms with Crippen molar-refractivity contribution in [3.05, 3.63) is 107 Å². The molecule has 0 unspecified atom stereocenters. The van der Waals surface area contributed by atoms with E-state index in [0.717, 1.165) is 20.9 Å². The van der Waals surface area contributed by atoms with Gasteiger partial charge in [0.15, 0.2) is 0 Å². The number of thiazole rings is 1. The molecular formula is C26H20FN5O2S. The number of benzene rings is 3. The number of amides is 2. The molecule has 5 rings (SSSR count). The normalized spacial score (nSPS) is 10.9. The summed E-state index contributed by atoms with van der Waals surface area (Å²) in [6, 6.07) is 20.8. The van der Waals surface area contributed by atoms with E-state index in [1.54, 1.807) is 58.6 Å². The van der Waals surface area contributed by atoms with Gasteiger partial charge in [-0.15, -0.1) is 11.3 Å². The Morgan fingerprint density at radius 2 is 1.83 bits per heavy atom. The maximum atomic E-state index is 13.3. The van der Waals surface area contributed by atoms with Crippen molar-refractivity contribution < 1.29 is 14.0 Å². The van der Waals surface area contributed by atoms with Gasteiger partial charge in [-0.3, -0.25) is 9.59 Å². The smallest absolute Gasteiger partial charge is 0.251 e. The lowest BCUT2D eigenvalue weighted by Gasteiger charge is -2.05. The number of carbonyl (C=O) groups excluding carboxylic acids is 2. The number of hydrogen-bond donors (Lipinski definition) is 2. The number of anilines is 1. The van der Waals surface area contributed by atoms with Crippen LogP contribution in [0.1, 0.15) is 20.9 Å². The van der Waals surface area contributed by atoms with Gasteiger partial charge in [-0.05, 0) is 54.1 Å². The van der Waals surface area contributed by atoms with E-state index >= 15 is 0 Å². The predicted molar refractivity (Wildman–Crippen MR) is 133 cm³/mol. The molecule has 2 amide bonds. The summed E-state index contributed by atoms with van der Waals surface area (Å²) in [6.07, 6.45) is 3.26. The number of halogens is 1. The summed E-state index contributed by atoms with van der Waals surface area (Å²) in [5.74, 6) is -0.839. The molecule has 3 aromatic carbocycles. The second-order valence-electron chi connectivity index (χ2n) is 7.83. The van der Waals surface area contributed by atoms with Crippen LogP contribution in [-0.2, 0) is 17.8 Å².